The van der Waals surface area contributed by atoms with Crippen LogP contribution in [0.25, 0.3) is 0 Å². The Hall–Kier alpha value is 1.93. The Morgan fingerprint density at radius 2 is 0.375 bits per heavy atom. The van der Waals surface area contributed by atoms with Crippen LogP contribution in [0.2, 0.25) is 0 Å². The van der Waals surface area contributed by atoms with Gasteiger partial charge in [-0.15, -0.1) is 0 Å². The zero-order valence-electron chi connectivity index (χ0n) is 3.47. The molecule has 62 valence electrons. The van der Waals surface area contributed by atoms with Crippen molar-refractivity contribution in [1.82, 2.24) is 0 Å². The van der Waals surface area contributed by atoms with Gasteiger partial charge >= 0.3 is 0 Å². The molecule has 0 fully saturated rings. The summed E-state index contributed by atoms with van der Waals surface area (Å²) in [6.45, 7) is 0. The summed E-state index contributed by atoms with van der Waals surface area (Å²) in [7, 11) is 0. The molecular formula is H8CrFe3O4. The Kier molecular flexibility index (Phi) is 4000. The van der Waals surface area contributed by atoms with Gasteiger partial charge < -0.3 is 21.9 Å². The van der Waals surface area contributed by atoms with Crippen LogP contribution in [0.4, 0.5) is 0 Å². The molecule has 0 rings (SSSR count). The van der Waals surface area contributed by atoms with Gasteiger partial charge in [-0.05, 0) is 0 Å². The molecule has 0 bridgehead atoms. The first-order valence-electron chi connectivity index (χ1n) is 0. The maximum Gasteiger partial charge on any atom is 0 e. The molecule has 0 amide bonds. The Labute approximate surface area is 90.0 Å². The minimum atomic E-state index is 0. The standard InChI is InChI=1S/Cr.3Fe.4H2O/h;;;;4*1H2. The smallest absolute Gasteiger partial charge is 0 e. The van der Waals surface area contributed by atoms with E-state index in [1.54, 1.807) is 0 Å². The molecule has 0 saturated heterocycles. The number of hydrogen-bond donors (Lipinski definition) is 0. The Bertz CT molecular complexity index is 11.2. The van der Waals surface area contributed by atoms with E-state index in [-0.39, 0.29) is 90.5 Å². The normalized spacial score (nSPS) is 0. The molecule has 0 atom stereocenters. The second kappa shape index (κ2) is 151. The molecule has 0 saturated carbocycles. The van der Waals surface area contributed by atoms with Crippen molar-refractivity contribution in [3.8, 4) is 0 Å². The first kappa shape index (κ1) is 212. The van der Waals surface area contributed by atoms with E-state index in [2.05, 4.69) is 0 Å². The summed E-state index contributed by atoms with van der Waals surface area (Å²) in [5.74, 6) is 0. The maximum atomic E-state index is 0. The summed E-state index contributed by atoms with van der Waals surface area (Å²) in [6.07, 6.45) is 0. The minimum Gasteiger partial charge on any atom is -0.412 e. The molecule has 8 heavy (non-hydrogen) atoms. The zero-order chi connectivity index (χ0) is 0. The molecule has 0 aliphatic carbocycles. The number of rotatable bonds is 0. The minimum absolute atomic E-state index is 0. The van der Waals surface area contributed by atoms with Crippen LogP contribution in [0.3, 0.4) is 0 Å². The van der Waals surface area contributed by atoms with Gasteiger partial charge in [-0.3, -0.25) is 0 Å². The van der Waals surface area contributed by atoms with Gasteiger partial charge in [0.25, 0.3) is 0 Å². The molecule has 0 unspecified atom stereocenters. The van der Waals surface area contributed by atoms with Gasteiger partial charge in [0.1, 0.15) is 0 Å². The summed E-state index contributed by atoms with van der Waals surface area (Å²) in [5, 5.41) is 0. The average molecular weight is 292 g/mol. The van der Waals surface area contributed by atoms with E-state index in [4.69, 9.17) is 0 Å². The van der Waals surface area contributed by atoms with E-state index >= 15 is 0 Å². The molecule has 8 heteroatoms. The van der Waals surface area contributed by atoms with Gasteiger partial charge in [0.15, 0.2) is 0 Å². The van der Waals surface area contributed by atoms with Crippen molar-refractivity contribution < 1.29 is 90.5 Å². The summed E-state index contributed by atoms with van der Waals surface area (Å²) in [6, 6.07) is 0. The second-order valence-electron chi connectivity index (χ2n) is 0. The monoisotopic (exact) mass is 292 g/mol. The van der Waals surface area contributed by atoms with Gasteiger partial charge in [-0.2, -0.15) is 0 Å². The molecule has 0 aliphatic rings. The van der Waals surface area contributed by atoms with Crippen molar-refractivity contribution in [1.29, 1.82) is 0 Å². The summed E-state index contributed by atoms with van der Waals surface area (Å²) >= 11 is 0. The predicted octanol–water partition coefficient (Wildman–Crippen LogP) is -3.31. The summed E-state index contributed by atoms with van der Waals surface area (Å²) < 4.78 is 0. The largest absolute Gasteiger partial charge is 0.412 e. The van der Waals surface area contributed by atoms with Crippen LogP contribution in [0.15, 0.2) is 0 Å². The van der Waals surface area contributed by atoms with E-state index in [9.17, 15) is 0 Å². The van der Waals surface area contributed by atoms with Crippen LogP contribution in [0, 0.1) is 0 Å². The molecule has 0 aromatic rings. The van der Waals surface area contributed by atoms with Crippen molar-refractivity contribution in [2.75, 3.05) is 0 Å². The van der Waals surface area contributed by atoms with Crippen LogP contribution < -0.4 is 0 Å². The molecule has 0 spiro atoms. The fourth-order valence-corrected chi connectivity index (χ4v) is 0. The molecule has 8 N–H and O–H groups in total. The van der Waals surface area contributed by atoms with Gasteiger partial charge in [0, 0.05) is 68.6 Å². The fourth-order valence-electron chi connectivity index (χ4n) is 0. The number of hydrogen-bond acceptors (Lipinski definition) is 0. The molecule has 0 aromatic carbocycles. The van der Waals surface area contributed by atoms with Crippen molar-refractivity contribution in [2.24, 2.45) is 0 Å². The summed E-state index contributed by atoms with van der Waals surface area (Å²) in [4.78, 5) is 0. The SMILES string of the molecule is O.O.O.O.[Cr].[Fe].[Fe].[Fe]. The van der Waals surface area contributed by atoms with Gasteiger partial charge in [-0.1, -0.05) is 0 Å². The first-order chi connectivity index (χ1) is 0. The van der Waals surface area contributed by atoms with Crippen molar-refractivity contribution >= 4 is 0 Å². The molecule has 0 aliphatic heterocycles. The molecule has 0 heterocycles. The molecular weight excluding hydrogens is 284 g/mol. The second-order valence-corrected chi connectivity index (χ2v) is 0. The molecule has 4 nitrogen and oxygen atoms in total. The third-order valence-corrected chi connectivity index (χ3v) is 0. The van der Waals surface area contributed by atoms with Crippen LogP contribution in [0.5, 0.6) is 0 Å². The average Bonchev–Trinajstić information content (AvgIpc) is 0. The van der Waals surface area contributed by atoms with E-state index in [1.807, 2.05) is 0 Å². The van der Waals surface area contributed by atoms with E-state index in [0.29, 0.717) is 0 Å². The maximum absolute atomic E-state index is 0. The third-order valence-electron chi connectivity index (χ3n) is 0. The van der Waals surface area contributed by atoms with Gasteiger partial charge in [0.2, 0.25) is 0 Å². The van der Waals surface area contributed by atoms with Crippen molar-refractivity contribution in [3.05, 3.63) is 0 Å². The molecule has 0 aromatic heterocycles. The third kappa shape index (κ3) is 102. The molecule has 0 radical (unpaired) electrons. The Morgan fingerprint density at radius 3 is 0.375 bits per heavy atom. The van der Waals surface area contributed by atoms with Crippen LogP contribution in [-0.4, -0.2) is 21.9 Å². The Balaban J connectivity index is 0. The Morgan fingerprint density at radius 1 is 0.375 bits per heavy atom. The van der Waals surface area contributed by atoms with Crippen LogP contribution in [0.1, 0.15) is 0 Å². The predicted molar refractivity (Wildman–Crippen MR) is 14.5 cm³/mol. The summed E-state index contributed by atoms with van der Waals surface area (Å²) in [5.41, 5.74) is 0. The quantitative estimate of drug-likeness (QED) is 0.414. The van der Waals surface area contributed by atoms with E-state index in [0.717, 1.165) is 0 Å². The topological polar surface area (TPSA) is 126 Å². The van der Waals surface area contributed by atoms with Crippen LogP contribution in [-0.2, 0) is 68.6 Å². The fraction of sp³-hybridized carbons (Fsp3) is 0. The first-order valence-corrected chi connectivity index (χ1v) is 0. The van der Waals surface area contributed by atoms with E-state index < -0.39 is 0 Å². The van der Waals surface area contributed by atoms with Crippen molar-refractivity contribution in [2.45, 2.75) is 0 Å². The zero-order valence-corrected chi connectivity index (χ0v) is 8.06. The van der Waals surface area contributed by atoms with Gasteiger partial charge in [0.05, 0.1) is 0 Å². The van der Waals surface area contributed by atoms with Crippen molar-refractivity contribution in [3.63, 3.8) is 0 Å². The van der Waals surface area contributed by atoms with E-state index in [1.165, 1.54) is 0 Å². The van der Waals surface area contributed by atoms with Gasteiger partial charge in [-0.25, -0.2) is 0 Å². The van der Waals surface area contributed by atoms with Crippen LogP contribution >= 0.6 is 0 Å².